The molecule has 3 heterocycles. The number of rotatable bonds is 3. The Balaban J connectivity index is 1.88. The molecule has 2 aliphatic rings. The van der Waals surface area contributed by atoms with E-state index in [1.165, 1.54) is 0 Å². The van der Waals surface area contributed by atoms with Crippen molar-refractivity contribution in [1.29, 1.82) is 0 Å². The summed E-state index contributed by atoms with van der Waals surface area (Å²) < 4.78 is 18.8. The summed E-state index contributed by atoms with van der Waals surface area (Å²) >= 11 is 1.56. The number of aromatic nitrogens is 2. The van der Waals surface area contributed by atoms with E-state index in [1.807, 2.05) is 37.6 Å². The molecule has 0 amide bonds. The Morgan fingerprint density at radius 2 is 2.12 bits per heavy atom. The van der Waals surface area contributed by atoms with Crippen LogP contribution in [-0.2, 0) is 0 Å². The Morgan fingerprint density at radius 3 is 2.85 bits per heavy atom. The predicted molar refractivity (Wildman–Crippen MR) is 102 cm³/mol. The number of nitrogens with one attached hydrogen (secondary N) is 1. The molecule has 1 aromatic heterocycles. The topological polar surface area (TPSA) is 77.8 Å². The maximum atomic E-state index is 12.7. The minimum Gasteiger partial charge on any atom is -0.493 e. The zero-order valence-corrected chi connectivity index (χ0v) is 16.0. The van der Waals surface area contributed by atoms with Gasteiger partial charge in [0.15, 0.2) is 17.3 Å². The lowest BCUT2D eigenvalue weighted by molar-refractivity contribution is 0.165. The molecule has 0 saturated carbocycles. The summed E-state index contributed by atoms with van der Waals surface area (Å²) in [4.78, 5) is 17.3. The first-order chi connectivity index (χ1) is 12.5. The molecule has 0 spiro atoms. The van der Waals surface area contributed by atoms with Crippen LogP contribution >= 0.6 is 11.8 Å². The molecule has 2 aromatic rings. The Morgan fingerprint density at radius 1 is 1.35 bits per heavy atom. The van der Waals surface area contributed by atoms with E-state index in [-0.39, 0.29) is 16.9 Å². The number of thioether (sulfide) groups is 1. The molecule has 26 heavy (non-hydrogen) atoms. The van der Waals surface area contributed by atoms with Crippen LogP contribution in [0, 0.1) is 0 Å². The first-order valence-electron chi connectivity index (χ1n) is 8.53. The number of benzene rings is 1. The molecule has 1 unspecified atom stereocenters. The Labute approximate surface area is 155 Å². The van der Waals surface area contributed by atoms with Crippen LogP contribution in [0.3, 0.4) is 0 Å². The molecule has 4 rings (SSSR count). The molecular weight excluding hydrogens is 354 g/mol. The van der Waals surface area contributed by atoms with E-state index in [4.69, 9.17) is 14.2 Å². The van der Waals surface area contributed by atoms with Gasteiger partial charge in [0.2, 0.25) is 5.75 Å². The molecule has 7 nitrogen and oxygen atoms in total. The van der Waals surface area contributed by atoms with Crippen LogP contribution in [0.2, 0.25) is 0 Å². The average molecular weight is 375 g/mol. The third-order valence-electron chi connectivity index (χ3n) is 4.42. The lowest BCUT2D eigenvalue weighted by Gasteiger charge is -2.25. The van der Waals surface area contributed by atoms with E-state index in [0.717, 1.165) is 10.6 Å². The van der Waals surface area contributed by atoms with Crippen molar-refractivity contribution in [2.45, 2.75) is 32.1 Å². The van der Waals surface area contributed by atoms with Gasteiger partial charge < -0.3 is 14.2 Å². The molecule has 0 fully saturated rings. The summed E-state index contributed by atoms with van der Waals surface area (Å²) in [6, 6.07) is 3.96. The smallest absolute Gasteiger partial charge is 0.271 e. The van der Waals surface area contributed by atoms with Crippen LogP contribution in [0.4, 0.5) is 5.82 Å². The summed E-state index contributed by atoms with van der Waals surface area (Å²) in [5.74, 6) is 2.56. The maximum Gasteiger partial charge on any atom is 0.271 e. The number of H-pyrrole nitrogens is 1. The second kappa shape index (κ2) is 6.42. The average Bonchev–Trinajstić information content (AvgIpc) is 2.96. The minimum absolute atomic E-state index is 0.113. The van der Waals surface area contributed by atoms with Gasteiger partial charge in [-0.2, -0.15) is 0 Å². The van der Waals surface area contributed by atoms with Gasteiger partial charge in [0.25, 0.3) is 5.56 Å². The minimum atomic E-state index is -0.184. The van der Waals surface area contributed by atoms with Gasteiger partial charge in [-0.1, -0.05) is 11.8 Å². The fourth-order valence-electron chi connectivity index (χ4n) is 3.26. The lowest BCUT2D eigenvalue weighted by Crippen LogP contribution is -2.17. The van der Waals surface area contributed by atoms with E-state index >= 15 is 0 Å². The fraction of sp³-hybridized carbons (Fsp3) is 0.444. The van der Waals surface area contributed by atoms with Gasteiger partial charge in [-0.15, -0.1) is 0 Å². The van der Waals surface area contributed by atoms with Gasteiger partial charge in [-0.3, -0.25) is 14.6 Å². The van der Waals surface area contributed by atoms with Crippen LogP contribution in [0.25, 0.3) is 0 Å². The van der Waals surface area contributed by atoms with E-state index in [0.29, 0.717) is 41.8 Å². The van der Waals surface area contributed by atoms with Crippen LogP contribution in [-0.4, -0.2) is 35.1 Å². The van der Waals surface area contributed by atoms with Gasteiger partial charge in [0.1, 0.15) is 13.2 Å². The zero-order chi connectivity index (χ0) is 18.4. The van der Waals surface area contributed by atoms with E-state index in [1.54, 1.807) is 18.9 Å². The van der Waals surface area contributed by atoms with Gasteiger partial charge in [0, 0.05) is 6.04 Å². The first-order valence-corrected chi connectivity index (χ1v) is 9.41. The summed E-state index contributed by atoms with van der Waals surface area (Å²) in [6.07, 6.45) is 0. The molecule has 8 heteroatoms. The number of hydrogen-bond acceptors (Lipinski definition) is 6. The van der Waals surface area contributed by atoms with Gasteiger partial charge in [0.05, 0.1) is 23.0 Å². The van der Waals surface area contributed by atoms with E-state index in [9.17, 15) is 4.79 Å². The normalized spacial score (nSPS) is 18.5. The number of ether oxygens (including phenoxy) is 3. The van der Waals surface area contributed by atoms with Crippen molar-refractivity contribution >= 4 is 22.6 Å². The zero-order valence-electron chi connectivity index (χ0n) is 15.2. The molecule has 138 valence electrons. The Kier molecular flexibility index (Phi) is 4.22. The summed E-state index contributed by atoms with van der Waals surface area (Å²) in [5.41, 5.74) is 1.47. The van der Waals surface area contributed by atoms with Crippen molar-refractivity contribution in [3.63, 3.8) is 0 Å². The van der Waals surface area contributed by atoms with E-state index < -0.39 is 0 Å². The van der Waals surface area contributed by atoms with Crippen molar-refractivity contribution < 1.29 is 14.2 Å². The quantitative estimate of drug-likeness (QED) is 0.889. The van der Waals surface area contributed by atoms with Crippen LogP contribution in [0.15, 0.2) is 21.9 Å². The highest BCUT2D eigenvalue weighted by atomic mass is 32.2. The number of fused-ring (bicyclic) bond motifs is 2. The molecule has 1 aromatic carbocycles. The van der Waals surface area contributed by atoms with Crippen molar-refractivity contribution in [3.05, 3.63) is 33.6 Å². The third-order valence-corrected chi connectivity index (χ3v) is 5.60. The molecule has 0 bridgehead atoms. The Hall–Kier alpha value is -2.35. The van der Waals surface area contributed by atoms with Crippen LogP contribution in [0.1, 0.15) is 43.2 Å². The number of hydrogen-bond donors (Lipinski definition) is 1. The fourth-order valence-corrected chi connectivity index (χ4v) is 4.35. The first kappa shape index (κ1) is 17.1. The number of aliphatic imine (C=N–C) groups is 1. The predicted octanol–water partition coefficient (Wildman–Crippen LogP) is 3.42. The highest BCUT2D eigenvalue weighted by Gasteiger charge is 2.32. The standard InChI is InChI=1S/C18H21N3O4S/c1-9(2)21-17-14(18(22)20-21)16(26-10(3)19-17)11-7-12(23-4)15-13(8-11)24-5-6-25-15/h7-9,16H,5-6H2,1-4H3,(H,20,22). The monoisotopic (exact) mass is 375 g/mol. The summed E-state index contributed by atoms with van der Waals surface area (Å²) in [7, 11) is 1.60. The molecule has 1 N–H and O–H groups in total. The van der Waals surface area contributed by atoms with Gasteiger partial charge in [-0.25, -0.2) is 4.99 Å². The van der Waals surface area contributed by atoms with Gasteiger partial charge >= 0.3 is 0 Å². The molecule has 0 aliphatic carbocycles. The molecule has 1 atom stereocenters. The number of nitrogens with zero attached hydrogens (tertiary/aromatic N) is 2. The van der Waals surface area contributed by atoms with Crippen molar-refractivity contribution in [3.8, 4) is 17.2 Å². The lowest BCUT2D eigenvalue weighted by atomic mass is 10.0. The Bertz CT molecular complexity index is 927. The SMILES string of the molecule is COc1cc(C2SC(C)=Nc3c2c(=O)[nH]n3C(C)C)cc2c1OCCO2. The van der Waals surface area contributed by atoms with Gasteiger partial charge in [-0.05, 0) is 38.5 Å². The van der Waals surface area contributed by atoms with Crippen molar-refractivity contribution in [2.24, 2.45) is 4.99 Å². The van der Waals surface area contributed by atoms with E-state index in [2.05, 4.69) is 10.1 Å². The van der Waals surface area contributed by atoms with Crippen molar-refractivity contribution in [1.82, 2.24) is 9.78 Å². The molecule has 0 radical (unpaired) electrons. The number of aromatic amines is 1. The third kappa shape index (κ3) is 2.68. The second-order valence-corrected chi connectivity index (χ2v) is 7.82. The maximum absolute atomic E-state index is 12.7. The largest absolute Gasteiger partial charge is 0.493 e. The van der Waals surface area contributed by atoms with Crippen LogP contribution < -0.4 is 19.8 Å². The molecule has 0 saturated heterocycles. The molecular formula is C18H21N3O4S. The highest BCUT2D eigenvalue weighted by molar-refractivity contribution is 8.14. The van der Waals surface area contributed by atoms with Crippen molar-refractivity contribution in [2.75, 3.05) is 20.3 Å². The van der Waals surface area contributed by atoms with Crippen LogP contribution in [0.5, 0.6) is 17.2 Å². The summed E-state index contributed by atoms with van der Waals surface area (Å²) in [6.45, 7) is 6.98. The molecule has 2 aliphatic heterocycles. The number of methoxy groups -OCH3 is 1. The summed E-state index contributed by atoms with van der Waals surface area (Å²) in [5, 5.41) is 3.64. The highest BCUT2D eigenvalue weighted by Crippen LogP contribution is 2.48. The second-order valence-electron chi connectivity index (χ2n) is 6.52.